The van der Waals surface area contributed by atoms with Gasteiger partial charge in [0.05, 0.1) is 19.3 Å². The Bertz CT molecular complexity index is 389. The van der Waals surface area contributed by atoms with Crippen LogP contribution in [0, 0.1) is 0 Å². The van der Waals surface area contributed by atoms with Crippen molar-refractivity contribution in [1.29, 1.82) is 0 Å². The van der Waals surface area contributed by atoms with Crippen LogP contribution in [0.1, 0.15) is 44.8 Å². The van der Waals surface area contributed by atoms with Gasteiger partial charge in [0.2, 0.25) is 0 Å². The van der Waals surface area contributed by atoms with Crippen LogP contribution in [-0.2, 0) is 9.53 Å². The zero-order valence-corrected chi connectivity index (χ0v) is 11.6. The maximum absolute atomic E-state index is 11.4. The van der Waals surface area contributed by atoms with E-state index in [1.54, 1.807) is 0 Å². The number of rotatable bonds is 8. The van der Waals surface area contributed by atoms with Gasteiger partial charge in [-0.05, 0) is 25.8 Å². The lowest BCUT2D eigenvalue weighted by molar-refractivity contribution is -0.144. The van der Waals surface area contributed by atoms with Crippen molar-refractivity contribution in [2.75, 3.05) is 13.2 Å². The summed E-state index contributed by atoms with van der Waals surface area (Å²) in [6.45, 7) is 4.82. The van der Waals surface area contributed by atoms with Gasteiger partial charge in [0.1, 0.15) is 5.75 Å². The molecule has 4 nitrogen and oxygen atoms in total. The number of para-hydroxylation sites is 1. The fourth-order valence-corrected chi connectivity index (χ4v) is 1.74. The molecule has 0 saturated heterocycles. The molecule has 1 aromatic rings. The number of aliphatic hydroxyl groups is 1. The van der Waals surface area contributed by atoms with Crippen molar-refractivity contribution in [2.45, 2.75) is 39.2 Å². The monoisotopic (exact) mass is 266 g/mol. The SMILES string of the molecule is CCCOC(=O)CCC(O)c1ccccc1OCC. The molecule has 1 rings (SSSR count). The van der Waals surface area contributed by atoms with E-state index in [1.807, 2.05) is 38.1 Å². The van der Waals surface area contributed by atoms with Crippen molar-refractivity contribution in [2.24, 2.45) is 0 Å². The summed E-state index contributed by atoms with van der Waals surface area (Å²) < 4.78 is 10.4. The standard InChI is InChI=1S/C15H22O4/c1-3-11-19-15(17)10-9-13(16)12-7-5-6-8-14(12)18-4-2/h5-8,13,16H,3-4,9-11H2,1-2H3. The topological polar surface area (TPSA) is 55.8 Å². The number of benzene rings is 1. The van der Waals surface area contributed by atoms with Gasteiger partial charge in [0.15, 0.2) is 0 Å². The first-order valence-corrected chi connectivity index (χ1v) is 6.74. The summed E-state index contributed by atoms with van der Waals surface area (Å²) in [6.07, 6.45) is 0.646. The number of aliphatic hydroxyl groups excluding tert-OH is 1. The molecule has 0 aromatic heterocycles. The summed E-state index contributed by atoms with van der Waals surface area (Å²) in [5.41, 5.74) is 0.715. The minimum atomic E-state index is -0.711. The van der Waals surface area contributed by atoms with Crippen LogP contribution >= 0.6 is 0 Å². The predicted octanol–water partition coefficient (Wildman–Crippen LogP) is 2.85. The van der Waals surface area contributed by atoms with E-state index in [0.717, 1.165) is 6.42 Å². The number of carbonyl (C=O) groups excluding carboxylic acids is 1. The number of hydrogen-bond acceptors (Lipinski definition) is 4. The maximum Gasteiger partial charge on any atom is 0.305 e. The highest BCUT2D eigenvalue weighted by molar-refractivity contribution is 5.69. The zero-order chi connectivity index (χ0) is 14.1. The molecular weight excluding hydrogens is 244 g/mol. The van der Waals surface area contributed by atoms with E-state index in [0.29, 0.717) is 30.9 Å². The summed E-state index contributed by atoms with van der Waals surface area (Å²) in [5, 5.41) is 10.1. The van der Waals surface area contributed by atoms with Crippen molar-refractivity contribution in [3.8, 4) is 5.75 Å². The Kier molecular flexibility index (Phi) is 6.97. The lowest BCUT2D eigenvalue weighted by Crippen LogP contribution is -2.09. The first-order chi connectivity index (χ1) is 9.19. The molecule has 0 amide bonds. The van der Waals surface area contributed by atoms with Gasteiger partial charge in [-0.3, -0.25) is 4.79 Å². The molecule has 19 heavy (non-hydrogen) atoms. The second kappa shape index (κ2) is 8.53. The number of esters is 1. The summed E-state index contributed by atoms with van der Waals surface area (Å²) in [4.78, 5) is 11.4. The van der Waals surface area contributed by atoms with Crippen LogP contribution in [0.15, 0.2) is 24.3 Å². The highest BCUT2D eigenvalue weighted by Crippen LogP contribution is 2.28. The first kappa shape index (κ1) is 15.5. The van der Waals surface area contributed by atoms with Crippen LogP contribution < -0.4 is 4.74 Å². The number of ether oxygens (including phenoxy) is 2. The van der Waals surface area contributed by atoms with Crippen molar-refractivity contribution < 1.29 is 19.4 Å². The summed E-state index contributed by atoms with van der Waals surface area (Å²) in [6, 6.07) is 7.33. The Hall–Kier alpha value is -1.55. The third-order valence-electron chi connectivity index (χ3n) is 2.67. The van der Waals surface area contributed by atoms with Gasteiger partial charge >= 0.3 is 5.97 Å². The minimum absolute atomic E-state index is 0.210. The normalized spacial score (nSPS) is 11.9. The van der Waals surface area contributed by atoms with Crippen LogP contribution in [0.3, 0.4) is 0 Å². The summed E-state index contributed by atoms with van der Waals surface area (Å²) in [5.74, 6) is 0.397. The van der Waals surface area contributed by atoms with Crippen LogP contribution in [0.4, 0.5) is 0 Å². The lowest BCUT2D eigenvalue weighted by Gasteiger charge is -2.15. The summed E-state index contributed by atoms with van der Waals surface area (Å²) in [7, 11) is 0. The molecule has 1 unspecified atom stereocenters. The smallest absolute Gasteiger partial charge is 0.305 e. The molecule has 0 saturated carbocycles. The highest BCUT2D eigenvalue weighted by atomic mass is 16.5. The van der Waals surface area contributed by atoms with E-state index in [1.165, 1.54) is 0 Å². The molecule has 1 atom stereocenters. The Morgan fingerprint density at radius 3 is 2.74 bits per heavy atom. The van der Waals surface area contributed by atoms with Crippen LogP contribution in [-0.4, -0.2) is 24.3 Å². The van der Waals surface area contributed by atoms with E-state index in [2.05, 4.69) is 0 Å². The fraction of sp³-hybridized carbons (Fsp3) is 0.533. The van der Waals surface area contributed by atoms with Gasteiger partial charge in [-0.25, -0.2) is 0 Å². The molecule has 0 heterocycles. The molecule has 1 N–H and O–H groups in total. The Labute approximate surface area is 114 Å². The Balaban J connectivity index is 2.53. The van der Waals surface area contributed by atoms with Crippen LogP contribution in [0.2, 0.25) is 0 Å². The van der Waals surface area contributed by atoms with Crippen molar-refractivity contribution >= 4 is 5.97 Å². The van der Waals surface area contributed by atoms with Gasteiger partial charge in [-0.15, -0.1) is 0 Å². The molecular formula is C15H22O4. The van der Waals surface area contributed by atoms with Gasteiger partial charge < -0.3 is 14.6 Å². The summed E-state index contributed by atoms with van der Waals surface area (Å²) >= 11 is 0. The van der Waals surface area contributed by atoms with Gasteiger partial charge in [-0.2, -0.15) is 0 Å². The second-order valence-electron chi connectivity index (χ2n) is 4.25. The Morgan fingerprint density at radius 2 is 2.05 bits per heavy atom. The molecule has 4 heteroatoms. The average Bonchev–Trinajstić information content (AvgIpc) is 2.43. The fourth-order valence-electron chi connectivity index (χ4n) is 1.74. The predicted molar refractivity (Wildman–Crippen MR) is 73.1 cm³/mol. The molecule has 0 aliphatic carbocycles. The molecule has 0 aliphatic rings. The van der Waals surface area contributed by atoms with Crippen LogP contribution in [0.25, 0.3) is 0 Å². The maximum atomic E-state index is 11.4. The van der Waals surface area contributed by atoms with E-state index in [-0.39, 0.29) is 12.4 Å². The lowest BCUT2D eigenvalue weighted by atomic mass is 10.0. The molecule has 106 valence electrons. The van der Waals surface area contributed by atoms with E-state index in [9.17, 15) is 9.90 Å². The molecule has 0 radical (unpaired) electrons. The number of carbonyl (C=O) groups is 1. The average molecular weight is 266 g/mol. The number of hydrogen-bond donors (Lipinski definition) is 1. The second-order valence-corrected chi connectivity index (χ2v) is 4.25. The van der Waals surface area contributed by atoms with Gasteiger partial charge in [-0.1, -0.05) is 25.1 Å². The molecule has 1 aromatic carbocycles. The minimum Gasteiger partial charge on any atom is -0.493 e. The van der Waals surface area contributed by atoms with Gasteiger partial charge in [0, 0.05) is 12.0 Å². The largest absolute Gasteiger partial charge is 0.493 e. The molecule has 0 aliphatic heterocycles. The van der Waals surface area contributed by atoms with Crippen molar-refractivity contribution in [3.63, 3.8) is 0 Å². The van der Waals surface area contributed by atoms with Crippen molar-refractivity contribution in [3.05, 3.63) is 29.8 Å². The zero-order valence-electron chi connectivity index (χ0n) is 11.6. The van der Waals surface area contributed by atoms with Crippen molar-refractivity contribution in [1.82, 2.24) is 0 Å². The van der Waals surface area contributed by atoms with E-state index in [4.69, 9.17) is 9.47 Å². The van der Waals surface area contributed by atoms with E-state index >= 15 is 0 Å². The van der Waals surface area contributed by atoms with Crippen LogP contribution in [0.5, 0.6) is 5.75 Å². The first-order valence-electron chi connectivity index (χ1n) is 6.74. The quantitative estimate of drug-likeness (QED) is 0.735. The third-order valence-corrected chi connectivity index (χ3v) is 2.67. The Morgan fingerprint density at radius 1 is 1.32 bits per heavy atom. The third kappa shape index (κ3) is 5.30. The van der Waals surface area contributed by atoms with Gasteiger partial charge in [0.25, 0.3) is 0 Å². The molecule has 0 fully saturated rings. The van der Waals surface area contributed by atoms with E-state index < -0.39 is 6.10 Å². The molecule has 0 bridgehead atoms. The highest BCUT2D eigenvalue weighted by Gasteiger charge is 2.15. The molecule has 0 spiro atoms.